The number of allylic oxidation sites excluding steroid dienone is 5. The third-order valence-electron chi connectivity index (χ3n) is 16.8. The maximum atomic E-state index is 5.75. The molecule has 0 atom stereocenters. The molecule has 0 spiro atoms. The molecule has 3 heteroatoms. The topological polar surface area (TPSA) is 6.48 Å². The second-order valence-corrected chi connectivity index (χ2v) is 30.7. The number of anilines is 1. The standard InChI is InChI=1S/C77H90N2S/c1-72(2,3)36-34-49(74(7,8)9)45-61(80)66-53-29-25-24-28-52(53)62(48-40-50(75(10,11)12)44-51(41-48)76(13,14)15)67-54-30-31-55-64-57(33-32-56(63(54)64)69(66)67)70-68(55)65(60(77(16,17)18)35-38-78(19)20)58-42-46-26-22-23-27-47(46)43-59(58)71(70)79(21)39-37-73(4,5)6/h22-35,37,39-45,80H,36,38H2,1-21H3/b39-37+,49-34+,60-35+,61-45-. The van der Waals surface area contributed by atoms with Crippen molar-refractivity contribution in [3.05, 3.63) is 161 Å². The Kier molecular flexibility index (Phi) is 14.1. The van der Waals surface area contributed by atoms with Gasteiger partial charge in [-0.2, -0.15) is 0 Å². The fourth-order valence-electron chi connectivity index (χ4n) is 12.5. The average Bonchev–Trinajstić information content (AvgIpc) is 3.95. The Labute approximate surface area is 487 Å². The number of fused-ring (bicyclic) bond motifs is 9. The Morgan fingerprint density at radius 1 is 0.487 bits per heavy atom. The van der Waals surface area contributed by atoms with Gasteiger partial charge in [-0.3, -0.25) is 0 Å². The van der Waals surface area contributed by atoms with E-state index in [1.54, 1.807) is 0 Å². The van der Waals surface area contributed by atoms with Crippen molar-refractivity contribution in [3.63, 3.8) is 0 Å². The minimum atomic E-state index is -0.176. The van der Waals surface area contributed by atoms with E-state index in [0.29, 0.717) is 0 Å². The van der Waals surface area contributed by atoms with Crippen LogP contribution in [-0.2, 0) is 10.8 Å². The lowest BCUT2D eigenvalue weighted by atomic mass is 9.75. The summed E-state index contributed by atoms with van der Waals surface area (Å²) in [6, 6.07) is 40.7. The molecular weight excluding hydrogens is 985 g/mol. The number of hydrogen-bond donors (Lipinski definition) is 1. The van der Waals surface area contributed by atoms with Crippen LogP contribution in [0, 0.1) is 21.7 Å². The lowest BCUT2D eigenvalue weighted by Gasteiger charge is -2.31. The maximum absolute atomic E-state index is 5.75. The Bertz CT molecular complexity index is 3940. The number of nitrogens with zero attached hydrogens (tertiary/aromatic N) is 2. The summed E-state index contributed by atoms with van der Waals surface area (Å²) in [5, 5.41) is 10.2. The summed E-state index contributed by atoms with van der Waals surface area (Å²) in [4.78, 5) is 5.73. The van der Waals surface area contributed by atoms with Crippen molar-refractivity contribution in [1.29, 1.82) is 0 Å². The Balaban J connectivity index is 1.42. The van der Waals surface area contributed by atoms with E-state index in [4.69, 9.17) is 12.6 Å². The Morgan fingerprint density at radius 3 is 1.49 bits per heavy atom. The highest BCUT2D eigenvalue weighted by Crippen LogP contribution is 2.65. The van der Waals surface area contributed by atoms with Crippen molar-refractivity contribution in [2.24, 2.45) is 21.7 Å². The van der Waals surface area contributed by atoms with E-state index in [0.717, 1.165) is 17.9 Å². The third-order valence-corrected chi connectivity index (χ3v) is 17.1. The molecule has 8 aromatic rings. The summed E-state index contributed by atoms with van der Waals surface area (Å²) in [5.74, 6) is 0. The van der Waals surface area contributed by atoms with Gasteiger partial charge in [-0.15, -0.1) is 12.6 Å². The molecule has 0 radical (unpaired) electrons. The first-order valence-electron chi connectivity index (χ1n) is 29.4. The van der Waals surface area contributed by atoms with Gasteiger partial charge in [0.1, 0.15) is 0 Å². The summed E-state index contributed by atoms with van der Waals surface area (Å²) >= 11 is 5.75. The van der Waals surface area contributed by atoms with Gasteiger partial charge in [-0.1, -0.05) is 234 Å². The molecule has 0 aromatic heterocycles. The maximum Gasteiger partial charge on any atom is 0.0569 e. The van der Waals surface area contributed by atoms with Crippen LogP contribution in [0.3, 0.4) is 0 Å². The molecule has 0 amide bonds. The fraction of sp³-hybridized carbons (Fsp3) is 0.377. The van der Waals surface area contributed by atoms with E-state index in [2.05, 4.69) is 289 Å². The van der Waals surface area contributed by atoms with Crippen LogP contribution < -0.4 is 4.90 Å². The summed E-state index contributed by atoms with van der Waals surface area (Å²) in [5.41, 5.74) is 21.9. The zero-order valence-electron chi connectivity index (χ0n) is 52.5. The molecule has 80 heavy (non-hydrogen) atoms. The molecule has 0 bridgehead atoms. The fourth-order valence-corrected chi connectivity index (χ4v) is 12.9. The van der Waals surface area contributed by atoms with Gasteiger partial charge >= 0.3 is 0 Å². The van der Waals surface area contributed by atoms with E-state index in [1.165, 1.54) is 138 Å². The predicted molar refractivity (Wildman–Crippen MR) is 360 cm³/mol. The molecular formula is C77H90N2S. The molecule has 0 N–H and O–H groups in total. The highest BCUT2D eigenvalue weighted by molar-refractivity contribution is 7.90. The zero-order valence-corrected chi connectivity index (χ0v) is 53.4. The lowest BCUT2D eigenvalue weighted by molar-refractivity contribution is 0.414. The normalized spacial score (nSPS) is 14.5. The number of hydrogen-bond acceptors (Lipinski definition) is 3. The van der Waals surface area contributed by atoms with Crippen LogP contribution in [0.15, 0.2) is 139 Å². The summed E-state index contributed by atoms with van der Waals surface area (Å²) < 4.78 is 0. The monoisotopic (exact) mass is 1070 g/mol. The SMILES string of the molecule is CN(C)C/C=C(\c1c2c(c(N(C)/C=C/C(C)(C)C)c3cc4ccccc4cc13)-c1ccc3c4c(ccc-2c14)-c1c-3c(/C(S)=C/C(=C\CC(C)(C)C)C(C)(C)C)c2ccccc2c1-c1cc(C(C)(C)C)cc(C(C)(C)C)c1)C(C)(C)C. The second kappa shape index (κ2) is 19.8. The summed E-state index contributed by atoms with van der Waals surface area (Å²) in [7, 11) is 6.65. The molecule has 414 valence electrons. The molecule has 0 saturated heterocycles. The molecule has 2 aliphatic rings. The van der Waals surface area contributed by atoms with E-state index in [9.17, 15) is 0 Å². The van der Waals surface area contributed by atoms with Crippen LogP contribution in [0.1, 0.15) is 153 Å². The van der Waals surface area contributed by atoms with Crippen molar-refractivity contribution < 1.29 is 0 Å². The number of benzene rings is 8. The first kappa shape index (κ1) is 57.1. The smallest absolute Gasteiger partial charge is 0.0569 e. The number of rotatable bonds is 9. The predicted octanol–water partition coefficient (Wildman–Crippen LogP) is 22.5. The van der Waals surface area contributed by atoms with Crippen molar-refractivity contribution in [3.8, 4) is 55.6 Å². The van der Waals surface area contributed by atoms with Gasteiger partial charge in [0.05, 0.1) is 5.69 Å². The zero-order chi connectivity index (χ0) is 58.1. The van der Waals surface area contributed by atoms with Gasteiger partial charge < -0.3 is 9.80 Å². The third kappa shape index (κ3) is 10.3. The van der Waals surface area contributed by atoms with Crippen LogP contribution in [0.4, 0.5) is 5.69 Å². The molecule has 2 nitrogen and oxygen atoms in total. The van der Waals surface area contributed by atoms with E-state index in [1.807, 2.05) is 0 Å². The van der Waals surface area contributed by atoms with Gasteiger partial charge in [0, 0.05) is 46.8 Å². The van der Waals surface area contributed by atoms with Gasteiger partial charge in [-0.05, 0) is 181 Å². The molecule has 10 rings (SSSR count). The van der Waals surface area contributed by atoms with E-state index in [-0.39, 0.29) is 32.5 Å². The van der Waals surface area contributed by atoms with Gasteiger partial charge in [0.25, 0.3) is 0 Å². The van der Waals surface area contributed by atoms with E-state index < -0.39 is 0 Å². The average molecular weight is 1080 g/mol. The second-order valence-electron chi connectivity index (χ2n) is 30.3. The quantitative estimate of drug-likeness (QED) is 0.0874. The van der Waals surface area contributed by atoms with Gasteiger partial charge in [0.15, 0.2) is 0 Å². The van der Waals surface area contributed by atoms with Crippen LogP contribution >= 0.6 is 12.6 Å². The molecule has 2 aliphatic carbocycles. The number of likely N-dealkylation sites (N-methyl/N-ethyl adjacent to an activating group) is 1. The largest absolute Gasteiger partial charge is 0.350 e. The molecule has 0 aliphatic heterocycles. The highest BCUT2D eigenvalue weighted by atomic mass is 32.1. The van der Waals surface area contributed by atoms with Gasteiger partial charge in [0.2, 0.25) is 0 Å². The molecule has 0 heterocycles. The van der Waals surface area contributed by atoms with Crippen molar-refractivity contribution in [1.82, 2.24) is 4.90 Å². The number of thiol groups is 1. The van der Waals surface area contributed by atoms with Crippen LogP contribution in [0.5, 0.6) is 0 Å². The van der Waals surface area contributed by atoms with Gasteiger partial charge in [-0.25, -0.2) is 0 Å². The highest BCUT2D eigenvalue weighted by Gasteiger charge is 2.39. The summed E-state index contributed by atoms with van der Waals surface area (Å²) in [6.07, 6.45) is 13.1. The first-order valence-corrected chi connectivity index (χ1v) is 29.9. The lowest BCUT2D eigenvalue weighted by Crippen LogP contribution is -2.17. The van der Waals surface area contributed by atoms with Crippen molar-refractivity contribution in [2.45, 2.75) is 142 Å². The van der Waals surface area contributed by atoms with E-state index >= 15 is 0 Å². The van der Waals surface area contributed by atoms with Crippen LogP contribution in [-0.4, -0.2) is 32.6 Å². The molecule has 0 saturated carbocycles. The van der Waals surface area contributed by atoms with Crippen LogP contribution in [0.2, 0.25) is 0 Å². The van der Waals surface area contributed by atoms with Crippen molar-refractivity contribution in [2.75, 3.05) is 32.6 Å². The Hall–Kier alpha value is -6.13. The minimum absolute atomic E-state index is 0.0131. The minimum Gasteiger partial charge on any atom is -0.350 e. The summed E-state index contributed by atoms with van der Waals surface area (Å²) in [6.45, 7) is 43.1. The molecule has 8 aromatic carbocycles. The van der Waals surface area contributed by atoms with Crippen LogP contribution in [0.25, 0.3) is 109 Å². The first-order chi connectivity index (χ1) is 37.1. The Morgan fingerprint density at radius 2 is 0.988 bits per heavy atom. The van der Waals surface area contributed by atoms with Crippen molar-refractivity contribution >= 4 is 71.9 Å². The molecule has 0 fully saturated rings. The molecule has 0 unspecified atom stereocenters.